The maximum Gasteiger partial charge on any atom is 0.191 e. The highest BCUT2D eigenvalue weighted by atomic mass is 79.9. The van der Waals surface area contributed by atoms with E-state index in [-0.39, 0.29) is 0 Å². The Bertz CT molecular complexity index is 328. The molecule has 132 valence electrons. The first-order chi connectivity index (χ1) is 9.95. The summed E-state index contributed by atoms with van der Waals surface area (Å²) in [5, 5.41) is 0.322. The molecule has 0 saturated carbocycles. The van der Waals surface area contributed by atoms with Crippen molar-refractivity contribution in [1.82, 2.24) is 0 Å². The van der Waals surface area contributed by atoms with Crippen LogP contribution >= 0.6 is 31.9 Å². The summed E-state index contributed by atoms with van der Waals surface area (Å²) in [6.45, 7) is 17.1. The highest BCUT2D eigenvalue weighted by Gasteiger charge is 2.36. The molecule has 0 heterocycles. The fourth-order valence-electron chi connectivity index (χ4n) is 2.28. The first kappa shape index (κ1) is 22.9. The second-order valence-electron chi connectivity index (χ2n) is 8.30. The second kappa shape index (κ2) is 10.7. The first-order valence-electron chi connectivity index (χ1n) is 8.62. The number of hydrogen-bond donors (Lipinski definition) is 0. The van der Waals surface area contributed by atoms with Crippen molar-refractivity contribution in [2.24, 2.45) is 11.8 Å². The standard InChI is InChI=1S/C18H36Br2OSi/c1-15(2)13-16(14-17(19)20)11-9-8-10-12-21-22(6,7)18(3,4)5/h14-16H,8-13H2,1-7H3. The summed E-state index contributed by atoms with van der Waals surface area (Å²) >= 11 is 7.00. The number of allylic oxidation sites excluding steroid dienone is 1. The van der Waals surface area contributed by atoms with Crippen LogP contribution in [-0.4, -0.2) is 14.9 Å². The van der Waals surface area contributed by atoms with Gasteiger partial charge in [-0.05, 0) is 81.1 Å². The summed E-state index contributed by atoms with van der Waals surface area (Å²) in [6, 6.07) is 0. The Morgan fingerprint density at radius 1 is 1.09 bits per heavy atom. The van der Waals surface area contributed by atoms with Crippen LogP contribution in [0.1, 0.15) is 66.7 Å². The van der Waals surface area contributed by atoms with Crippen molar-refractivity contribution in [3.05, 3.63) is 9.47 Å². The molecular formula is C18H36Br2OSi. The maximum absolute atomic E-state index is 6.24. The molecule has 0 fully saturated rings. The first-order valence-corrected chi connectivity index (χ1v) is 13.1. The molecule has 22 heavy (non-hydrogen) atoms. The average Bonchev–Trinajstić information content (AvgIpc) is 2.30. The minimum Gasteiger partial charge on any atom is -0.417 e. The molecular weight excluding hydrogens is 420 g/mol. The Morgan fingerprint density at radius 2 is 1.68 bits per heavy atom. The monoisotopic (exact) mass is 454 g/mol. The smallest absolute Gasteiger partial charge is 0.191 e. The van der Waals surface area contributed by atoms with E-state index in [0.717, 1.165) is 15.9 Å². The van der Waals surface area contributed by atoms with Gasteiger partial charge in [-0.25, -0.2) is 0 Å². The largest absolute Gasteiger partial charge is 0.417 e. The molecule has 0 aliphatic carbocycles. The lowest BCUT2D eigenvalue weighted by atomic mass is 9.92. The Balaban J connectivity index is 3.98. The zero-order chi connectivity index (χ0) is 17.4. The van der Waals surface area contributed by atoms with Crippen LogP contribution in [0.15, 0.2) is 9.47 Å². The van der Waals surface area contributed by atoms with Crippen LogP contribution in [0.2, 0.25) is 18.1 Å². The number of halogens is 2. The van der Waals surface area contributed by atoms with E-state index < -0.39 is 8.32 Å². The van der Waals surface area contributed by atoms with E-state index in [1.54, 1.807) is 0 Å². The third-order valence-corrected chi connectivity index (χ3v) is 9.69. The Morgan fingerprint density at radius 3 is 2.14 bits per heavy atom. The molecule has 0 radical (unpaired) electrons. The summed E-state index contributed by atoms with van der Waals surface area (Å²) < 4.78 is 7.33. The lowest BCUT2D eigenvalue weighted by molar-refractivity contribution is 0.276. The predicted octanol–water partition coefficient (Wildman–Crippen LogP) is 7.86. The van der Waals surface area contributed by atoms with Gasteiger partial charge in [-0.1, -0.05) is 53.5 Å². The van der Waals surface area contributed by atoms with Crippen LogP contribution in [0.25, 0.3) is 0 Å². The molecule has 0 rings (SSSR count). The lowest BCUT2D eigenvalue weighted by Crippen LogP contribution is -2.40. The van der Waals surface area contributed by atoms with Crippen molar-refractivity contribution in [2.45, 2.75) is 84.9 Å². The van der Waals surface area contributed by atoms with Gasteiger partial charge in [-0.15, -0.1) is 0 Å². The summed E-state index contributed by atoms with van der Waals surface area (Å²) in [4.78, 5) is 0. The molecule has 0 saturated heterocycles. The minimum absolute atomic E-state index is 0.322. The minimum atomic E-state index is -1.55. The van der Waals surface area contributed by atoms with Crippen LogP contribution in [-0.2, 0) is 4.43 Å². The Labute approximate surface area is 157 Å². The maximum atomic E-state index is 6.24. The van der Waals surface area contributed by atoms with Crippen LogP contribution in [0, 0.1) is 11.8 Å². The van der Waals surface area contributed by atoms with Crippen LogP contribution in [0.5, 0.6) is 0 Å². The van der Waals surface area contributed by atoms with E-state index in [1.807, 2.05) is 0 Å². The molecule has 0 aromatic carbocycles. The van der Waals surface area contributed by atoms with Gasteiger partial charge in [0.05, 0.1) is 3.39 Å². The molecule has 0 bridgehead atoms. The van der Waals surface area contributed by atoms with E-state index in [1.165, 1.54) is 32.1 Å². The van der Waals surface area contributed by atoms with Gasteiger partial charge in [0.15, 0.2) is 8.32 Å². The summed E-state index contributed by atoms with van der Waals surface area (Å²) in [7, 11) is -1.55. The quantitative estimate of drug-likeness (QED) is 0.240. The third kappa shape index (κ3) is 10.6. The molecule has 0 aromatic heterocycles. The van der Waals surface area contributed by atoms with Crippen molar-refractivity contribution < 1.29 is 4.43 Å². The summed E-state index contributed by atoms with van der Waals surface area (Å²) in [5.74, 6) is 1.43. The Hall–Kier alpha value is 0.877. The van der Waals surface area contributed by atoms with Crippen molar-refractivity contribution in [2.75, 3.05) is 6.61 Å². The van der Waals surface area contributed by atoms with Gasteiger partial charge in [-0.3, -0.25) is 0 Å². The van der Waals surface area contributed by atoms with E-state index in [4.69, 9.17) is 4.43 Å². The zero-order valence-corrected chi connectivity index (χ0v) is 19.8. The molecule has 0 N–H and O–H groups in total. The molecule has 0 spiro atoms. The van der Waals surface area contributed by atoms with Gasteiger partial charge in [0.2, 0.25) is 0 Å². The third-order valence-electron chi connectivity index (χ3n) is 4.62. The number of unbranched alkanes of at least 4 members (excludes halogenated alkanes) is 2. The SMILES string of the molecule is CC(C)CC(C=C(Br)Br)CCCCCO[Si](C)(C)C(C)(C)C. The van der Waals surface area contributed by atoms with Crippen molar-refractivity contribution in [1.29, 1.82) is 0 Å². The van der Waals surface area contributed by atoms with E-state index in [2.05, 4.69) is 85.6 Å². The Kier molecular flexibility index (Phi) is 11.1. The van der Waals surface area contributed by atoms with Gasteiger partial charge in [-0.2, -0.15) is 0 Å². The van der Waals surface area contributed by atoms with E-state index in [0.29, 0.717) is 11.0 Å². The highest BCUT2D eigenvalue weighted by molar-refractivity contribution is 9.28. The fraction of sp³-hybridized carbons (Fsp3) is 0.889. The molecule has 1 nitrogen and oxygen atoms in total. The molecule has 1 atom stereocenters. The van der Waals surface area contributed by atoms with Crippen LogP contribution in [0.3, 0.4) is 0 Å². The van der Waals surface area contributed by atoms with Crippen molar-refractivity contribution >= 4 is 40.2 Å². The normalized spacial score (nSPS) is 14.3. The van der Waals surface area contributed by atoms with Gasteiger partial charge >= 0.3 is 0 Å². The van der Waals surface area contributed by atoms with Crippen LogP contribution in [0.4, 0.5) is 0 Å². The van der Waals surface area contributed by atoms with Crippen molar-refractivity contribution in [3.63, 3.8) is 0 Å². The van der Waals surface area contributed by atoms with E-state index in [9.17, 15) is 0 Å². The van der Waals surface area contributed by atoms with Crippen molar-refractivity contribution in [3.8, 4) is 0 Å². The van der Waals surface area contributed by atoms with Gasteiger partial charge < -0.3 is 4.43 Å². The molecule has 4 heteroatoms. The zero-order valence-electron chi connectivity index (χ0n) is 15.6. The fourth-order valence-corrected chi connectivity index (χ4v) is 4.12. The summed E-state index contributed by atoms with van der Waals surface area (Å²) in [5.41, 5.74) is 0. The highest BCUT2D eigenvalue weighted by Crippen LogP contribution is 2.36. The molecule has 0 aromatic rings. The van der Waals surface area contributed by atoms with Gasteiger partial charge in [0, 0.05) is 6.61 Å². The predicted molar refractivity (Wildman–Crippen MR) is 110 cm³/mol. The molecule has 0 aliphatic rings. The van der Waals surface area contributed by atoms with Crippen LogP contribution < -0.4 is 0 Å². The topological polar surface area (TPSA) is 9.23 Å². The van der Waals surface area contributed by atoms with Gasteiger partial charge in [0.1, 0.15) is 0 Å². The number of hydrogen-bond acceptors (Lipinski definition) is 1. The van der Waals surface area contributed by atoms with E-state index >= 15 is 0 Å². The number of rotatable bonds is 10. The summed E-state index contributed by atoms with van der Waals surface area (Å²) in [6.07, 6.45) is 8.62. The lowest BCUT2D eigenvalue weighted by Gasteiger charge is -2.36. The van der Waals surface area contributed by atoms with Gasteiger partial charge in [0.25, 0.3) is 0 Å². The average molecular weight is 456 g/mol. The molecule has 1 unspecified atom stereocenters. The molecule has 0 aliphatic heterocycles. The second-order valence-corrected chi connectivity index (χ2v) is 15.9. The molecule has 0 amide bonds.